The van der Waals surface area contributed by atoms with Gasteiger partial charge in [-0.05, 0) is 72.0 Å². The van der Waals surface area contributed by atoms with Crippen LogP contribution in [0.2, 0.25) is 5.02 Å². The maximum absolute atomic E-state index is 13.0. The molecule has 0 aliphatic carbocycles. The number of benzene rings is 4. The second-order valence-corrected chi connectivity index (χ2v) is 10.1. The molecule has 0 fully saturated rings. The number of hydrogen-bond acceptors (Lipinski definition) is 3. The Kier molecular flexibility index (Phi) is 7.63. The summed E-state index contributed by atoms with van der Waals surface area (Å²) in [6.07, 6.45) is 0. The van der Waals surface area contributed by atoms with Gasteiger partial charge in [0.15, 0.2) is 0 Å². The van der Waals surface area contributed by atoms with Crippen LogP contribution >= 0.6 is 11.6 Å². The van der Waals surface area contributed by atoms with Crippen molar-refractivity contribution in [3.8, 4) is 16.9 Å². The van der Waals surface area contributed by atoms with Gasteiger partial charge in [0.1, 0.15) is 5.75 Å². The van der Waals surface area contributed by atoms with Crippen LogP contribution in [0.15, 0.2) is 84.9 Å². The lowest BCUT2D eigenvalue weighted by Crippen LogP contribution is -2.23. The van der Waals surface area contributed by atoms with Crippen molar-refractivity contribution in [2.45, 2.75) is 26.9 Å². The van der Waals surface area contributed by atoms with Crippen LogP contribution in [0.25, 0.3) is 22.0 Å². The van der Waals surface area contributed by atoms with Gasteiger partial charge in [-0.3, -0.25) is 4.79 Å². The quantitative estimate of drug-likeness (QED) is 0.212. The zero-order valence-electron chi connectivity index (χ0n) is 22.5. The monoisotopic (exact) mass is 552 g/mol. The van der Waals surface area contributed by atoms with E-state index >= 15 is 0 Å². The fourth-order valence-electron chi connectivity index (χ4n) is 5.02. The molecule has 40 heavy (non-hydrogen) atoms. The summed E-state index contributed by atoms with van der Waals surface area (Å²) in [6, 6.07) is 26.2. The van der Waals surface area contributed by atoms with Crippen molar-refractivity contribution in [3.05, 3.63) is 123 Å². The zero-order valence-corrected chi connectivity index (χ0v) is 23.3. The number of rotatable bonds is 8. The standard InChI is InChI=1S/C33H29ClN2O4/c1-20-21(2)36(19-22-11-13-23(14-12-22)26-8-4-5-9-27(26)33(38)39)29-16-15-24(17-28(20)29)32(37)35-18-25-7-6-10-30(40-3)31(25)34/h4-17H,18-19H2,1-3H3,(H,35,37)(H,38,39). The van der Waals surface area contributed by atoms with Crippen LogP contribution in [0.5, 0.6) is 5.75 Å². The Morgan fingerprint density at radius 1 is 0.950 bits per heavy atom. The molecule has 5 aromatic rings. The van der Waals surface area contributed by atoms with E-state index in [0.717, 1.165) is 38.9 Å². The third-order valence-corrected chi connectivity index (χ3v) is 7.80. The number of carboxylic acid groups (broad SMARTS) is 1. The Hall–Kier alpha value is -4.55. The second-order valence-electron chi connectivity index (χ2n) is 9.69. The van der Waals surface area contributed by atoms with Crippen molar-refractivity contribution in [3.63, 3.8) is 0 Å². The van der Waals surface area contributed by atoms with Gasteiger partial charge in [0.05, 0.1) is 17.7 Å². The minimum absolute atomic E-state index is 0.178. The van der Waals surface area contributed by atoms with Gasteiger partial charge < -0.3 is 19.7 Å². The highest BCUT2D eigenvalue weighted by molar-refractivity contribution is 6.32. The molecule has 1 amide bonds. The van der Waals surface area contributed by atoms with Gasteiger partial charge in [-0.15, -0.1) is 0 Å². The summed E-state index contributed by atoms with van der Waals surface area (Å²) in [4.78, 5) is 24.6. The molecule has 0 radical (unpaired) electrons. The predicted molar refractivity (Wildman–Crippen MR) is 159 cm³/mol. The first-order chi connectivity index (χ1) is 19.3. The SMILES string of the molecule is COc1cccc(CNC(=O)c2ccc3c(c2)c(C)c(C)n3Cc2ccc(-c3ccccc3C(=O)O)cc2)c1Cl. The minimum atomic E-state index is -0.943. The number of aromatic carboxylic acids is 1. The number of halogens is 1. The number of fused-ring (bicyclic) bond motifs is 1. The van der Waals surface area contributed by atoms with Crippen LogP contribution in [0.4, 0.5) is 0 Å². The molecule has 0 aliphatic heterocycles. The molecule has 0 saturated heterocycles. The van der Waals surface area contributed by atoms with E-state index in [1.165, 1.54) is 0 Å². The number of carbonyl (C=O) groups excluding carboxylic acids is 1. The number of carboxylic acids is 1. The van der Waals surface area contributed by atoms with Crippen molar-refractivity contribution >= 4 is 34.4 Å². The first-order valence-corrected chi connectivity index (χ1v) is 13.3. The van der Waals surface area contributed by atoms with E-state index in [-0.39, 0.29) is 11.5 Å². The molecule has 0 bridgehead atoms. The lowest BCUT2D eigenvalue weighted by atomic mass is 9.99. The van der Waals surface area contributed by atoms with Gasteiger partial charge in [-0.25, -0.2) is 4.79 Å². The molecule has 4 aromatic carbocycles. The molecule has 1 aromatic heterocycles. The number of ether oxygens (including phenoxy) is 1. The van der Waals surface area contributed by atoms with Crippen LogP contribution in [0.3, 0.4) is 0 Å². The van der Waals surface area contributed by atoms with Gasteiger partial charge in [0.2, 0.25) is 0 Å². The fraction of sp³-hybridized carbons (Fsp3) is 0.152. The number of nitrogens with one attached hydrogen (secondary N) is 1. The van der Waals surface area contributed by atoms with Crippen molar-refractivity contribution in [2.75, 3.05) is 7.11 Å². The molecule has 0 saturated carbocycles. The Labute approximate surface area is 237 Å². The third-order valence-electron chi connectivity index (χ3n) is 7.37. The fourth-order valence-corrected chi connectivity index (χ4v) is 5.29. The summed E-state index contributed by atoms with van der Waals surface area (Å²) in [5.41, 5.74) is 7.57. The predicted octanol–water partition coefficient (Wildman–Crippen LogP) is 7.26. The van der Waals surface area contributed by atoms with Gasteiger partial charge in [0.25, 0.3) is 5.91 Å². The number of aromatic nitrogens is 1. The highest BCUT2D eigenvalue weighted by atomic mass is 35.5. The number of amides is 1. The maximum atomic E-state index is 13.0. The van der Waals surface area contributed by atoms with E-state index in [0.29, 0.717) is 35.0 Å². The summed E-state index contributed by atoms with van der Waals surface area (Å²) in [5, 5.41) is 14.0. The summed E-state index contributed by atoms with van der Waals surface area (Å²) < 4.78 is 7.50. The van der Waals surface area contributed by atoms with E-state index < -0.39 is 5.97 Å². The Bertz CT molecular complexity index is 1740. The second kappa shape index (κ2) is 11.3. The number of aryl methyl sites for hydroxylation is 1. The van der Waals surface area contributed by atoms with E-state index in [1.807, 2.05) is 66.7 Å². The number of nitrogens with zero attached hydrogens (tertiary/aromatic N) is 1. The number of methoxy groups -OCH3 is 1. The topological polar surface area (TPSA) is 80.6 Å². The van der Waals surface area contributed by atoms with E-state index in [2.05, 4.69) is 23.7 Å². The van der Waals surface area contributed by atoms with E-state index in [4.69, 9.17) is 16.3 Å². The minimum Gasteiger partial charge on any atom is -0.495 e. The molecule has 0 spiro atoms. The molecule has 7 heteroatoms. The number of carbonyl (C=O) groups is 2. The van der Waals surface area contributed by atoms with Crippen LogP contribution in [-0.4, -0.2) is 28.7 Å². The smallest absolute Gasteiger partial charge is 0.336 e. The van der Waals surface area contributed by atoms with Gasteiger partial charge in [-0.1, -0.05) is 66.2 Å². The molecule has 2 N–H and O–H groups in total. The summed E-state index contributed by atoms with van der Waals surface area (Å²) in [7, 11) is 1.56. The molecular weight excluding hydrogens is 524 g/mol. The Morgan fingerprint density at radius 2 is 1.70 bits per heavy atom. The normalized spacial score (nSPS) is 11.0. The van der Waals surface area contributed by atoms with Gasteiger partial charge in [-0.2, -0.15) is 0 Å². The molecular formula is C33H29ClN2O4. The summed E-state index contributed by atoms with van der Waals surface area (Å²) >= 11 is 6.38. The molecule has 6 nitrogen and oxygen atoms in total. The van der Waals surface area contributed by atoms with Crippen LogP contribution in [0, 0.1) is 13.8 Å². The Balaban J connectivity index is 1.36. The van der Waals surface area contributed by atoms with Crippen LogP contribution < -0.4 is 10.1 Å². The van der Waals surface area contributed by atoms with Crippen molar-refractivity contribution in [1.82, 2.24) is 9.88 Å². The average Bonchev–Trinajstić information content (AvgIpc) is 3.21. The van der Waals surface area contributed by atoms with E-state index in [9.17, 15) is 14.7 Å². The zero-order chi connectivity index (χ0) is 28.4. The lowest BCUT2D eigenvalue weighted by Gasteiger charge is -2.12. The highest BCUT2D eigenvalue weighted by Crippen LogP contribution is 2.30. The largest absolute Gasteiger partial charge is 0.495 e. The average molecular weight is 553 g/mol. The van der Waals surface area contributed by atoms with Crippen LogP contribution in [0.1, 0.15) is 43.1 Å². The maximum Gasteiger partial charge on any atom is 0.336 e. The van der Waals surface area contributed by atoms with Crippen molar-refractivity contribution < 1.29 is 19.4 Å². The van der Waals surface area contributed by atoms with Crippen LogP contribution in [-0.2, 0) is 13.1 Å². The molecule has 202 valence electrons. The van der Waals surface area contributed by atoms with Crippen molar-refractivity contribution in [2.24, 2.45) is 0 Å². The van der Waals surface area contributed by atoms with E-state index in [1.54, 1.807) is 25.3 Å². The van der Waals surface area contributed by atoms with Gasteiger partial charge in [0, 0.05) is 35.2 Å². The molecule has 0 atom stereocenters. The summed E-state index contributed by atoms with van der Waals surface area (Å²) in [6.45, 7) is 5.09. The first-order valence-electron chi connectivity index (χ1n) is 12.9. The Morgan fingerprint density at radius 3 is 2.42 bits per heavy atom. The summed E-state index contributed by atoms with van der Waals surface area (Å²) in [5.74, 6) is -0.549. The molecule has 0 aliphatic rings. The van der Waals surface area contributed by atoms with Crippen molar-refractivity contribution in [1.29, 1.82) is 0 Å². The molecule has 1 heterocycles. The molecule has 0 unspecified atom stereocenters. The highest BCUT2D eigenvalue weighted by Gasteiger charge is 2.16. The third kappa shape index (κ3) is 5.18. The van der Waals surface area contributed by atoms with Gasteiger partial charge >= 0.3 is 5.97 Å². The number of hydrogen-bond donors (Lipinski definition) is 2. The molecule has 5 rings (SSSR count). The first kappa shape index (κ1) is 27.0. The lowest BCUT2D eigenvalue weighted by molar-refractivity contribution is 0.0697.